The molecule has 0 fully saturated rings. The topological polar surface area (TPSA) is 0 Å². The SMILES string of the molecule is CC(C)P(c1ccccc1)c1ccc2ccc3cccc4ccc1c2c34. The fourth-order valence-corrected chi connectivity index (χ4v) is 6.84. The highest BCUT2D eigenvalue weighted by molar-refractivity contribution is 7.74. The molecule has 0 heterocycles. The van der Waals surface area contributed by atoms with Gasteiger partial charge < -0.3 is 0 Å². The van der Waals surface area contributed by atoms with Gasteiger partial charge in [0.15, 0.2) is 0 Å². The number of hydrogen-bond donors (Lipinski definition) is 0. The van der Waals surface area contributed by atoms with Gasteiger partial charge in [0.25, 0.3) is 0 Å². The lowest BCUT2D eigenvalue weighted by molar-refractivity contribution is 1.10. The van der Waals surface area contributed by atoms with Gasteiger partial charge in [0.05, 0.1) is 0 Å². The molecule has 0 spiro atoms. The van der Waals surface area contributed by atoms with E-state index in [1.165, 1.54) is 42.9 Å². The van der Waals surface area contributed by atoms with Crippen molar-refractivity contribution in [2.45, 2.75) is 19.5 Å². The van der Waals surface area contributed by atoms with E-state index >= 15 is 0 Å². The summed E-state index contributed by atoms with van der Waals surface area (Å²) in [4.78, 5) is 0. The standard InChI is InChI=1S/C25H21P/c1-17(2)26(21-9-4-3-5-10-21)23-16-14-20-12-11-18-7-6-8-19-13-15-22(23)25(20)24(18)19/h3-17H,1-2H3. The minimum Gasteiger partial charge on any atom is -0.0622 e. The quantitative estimate of drug-likeness (QED) is 0.259. The van der Waals surface area contributed by atoms with E-state index in [-0.39, 0.29) is 7.92 Å². The summed E-state index contributed by atoms with van der Waals surface area (Å²) in [6.45, 7) is 4.72. The predicted octanol–water partition coefficient (Wildman–Crippen LogP) is 6.43. The van der Waals surface area contributed by atoms with Crippen molar-refractivity contribution in [2.75, 3.05) is 0 Å². The molecule has 0 aliphatic carbocycles. The zero-order valence-corrected chi connectivity index (χ0v) is 16.0. The lowest BCUT2D eigenvalue weighted by atomic mass is 9.94. The van der Waals surface area contributed by atoms with Gasteiger partial charge in [-0.2, -0.15) is 0 Å². The van der Waals surface area contributed by atoms with Crippen molar-refractivity contribution < 1.29 is 0 Å². The Hall–Kier alpha value is -2.43. The van der Waals surface area contributed by atoms with Crippen LogP contribution in [0.15, 0.2) is 84.9 Å². The molecule has 5 aromatic carbocycles. The summed E-state index contributed by atoms with van der Waals surface area (Å²) in [7, 11) is -0.387. The maximum Gasteiger partial charge on any atom is -0.00203 e. The first-order valence-corrected chi connectivity index (χ1v) is 10.7. The zero-order valence-electron chi connectivity index (χ0n) is 15.1. The Morgan fingerprint density at radius 3 is 1.88 bits per heavy atom. The molecule has 1 atom stereocenters. The Bertz CT molecular complexity index is 1190. The van der Waals surface area contributed by atoms with Crippen LogP contribution in [0.1, 0.15) is 13.8 Å². The first-order chi connectivity index (χ1) is 12.7. The minimum absolute atomic E-state index is 0.387. The molecule has 0 radical (unpaired) electrons. The lowest BCUT2D eigenvalue weighted by Gasteiger charge is -2.25. The molecule has 1 unspecified atom stereocenters. The van der Waals surface area contributed by atoms with Crippen LogP contribution in [-0.4, -0.2) is 5.66 Å². The van der Waals surface area contributed by atoms with Crippen LogP contribution in [0, 0.1) is 0 Å². The van der Waals surface area contributed by atoms with E-state index in [0.717, 1.165) is 0 Å². The zero-order chi connectivity index (χ0) is 17.7. The summed E-state index contributed by atoms with van der Waals surface area (Å²) < 4.78 is 0. The van der Waals surface area contributed by atoms with E-state index in [1.54, 1.807) is 0 Å². The van der Waals surface area contributed by atoms with Crippen molar-refractivity contribution in [3.63, 3.8) is 0 Å². The van der Waals surface area contributed by atoms with E-state index in [4.69, 9.17) is 0 Å². The van der Waals surface area contributed by atoms with Crippen molar-refractivity contribution in [3.8, 4) is 0 Å². The molecule has 0 amide bonds. The average Bonchev–Trinajstić information content (AvgIpc) is 2.68. The molecule has 0 aliphatic heterocycles. The molecule has 126 valence electrons. The van der Waals surface area contributed by atoms with E-state index in [0.29, 0.717) is 5.66 Å². The van der Waals surface area contributed by atoms with Crippen molar-refractivity contribution in [3.05, 3.63) is 84.9 Å². The Kier molecular flexibility index (Phi) is 3.69. The van der Waals surface area contributed by atoms with E-state index in [1.807, 2.05) is 0 Å². The molecular weight excluding hydrogens is 331 g/mol. The van der Waals surface area contributed by atoms with Gasteiger partial charge in [0.1, 0.15) is 0 Å². The summed E-state index contributed by atoms with van der Waals surface area (Å²) in [5.41, 5.74) is 0.603. The van der Waals surface area contributed by atoms with E-state index in [9.17, 15) is 0 Å². The smallest absolute Gasteiger partial charge is 0.00203 e. The van der Waals surface area contributed by atoms with Crippen molar-refractivity contribution >= 4 is 50.8 Å². The van der Waals surface area contributed by atoms with Crippen LogP contribution in [0.5, 0.6) is 0 Å². The summed E-state index contributed by atoms with van der Waals surface area (Å²) >= 11 is 0. The monoisotopic (exact) mass is 352 g/mol. The number of rotatable bonds is 3. The van der Waals surface area contributed by atoms with Crippen LogP contribution in [0.25, 0.3) is 32.3 Å². The third-order valence-corrected chi connectivity index (χ3v) is 8.11. The molecule has 0 nitrogen and oxygen atoms in total. The molecule has 5 aromatic rings. The molecule has 0 aliphatic rings. The van der Waals surface area contributed by atoms with E-state index in [2.05, 4.69) is 98.8 Å². The molecule has 1 heteroatoms. The van der Waals surface area contributed by atoms with Crippen molar-refractivity contribution in [1.29, 1.82) is 0 Å². The van der Waals surface area contributed by atoms with E-state index < -0.39 is 0 Å². The highest BCUT2D eigenvalue weighted by Gasteiger charge is 2.21. The second-order valence-corrected chi connectivity index (χ2v) is 10.0. The second kappa shape index (κ2) is 6.08. The van der Waals surface area contributed by atoms with Crippen LogP contribution >= 0.6 is 7.92 Å². The van der Waals surface area contributed by atoms with Crippen LogP contribution < -0.4 is 10.6 Å². The average molecular weight is 352 g/mol. The number of benzene rings is 5. The number of hydrogen-bond acceptors (Lipinski definition) is 0. The molecule has 0 aromatic heterocycles. The first kappa shape index (κ1) is 15.8. The van der Waals surface area contributed by atoms with Gasteiger partial charge in [-0.1, -0.05) is 98.8 Å². The van der Waals surface area contributed by atoms with Crippen LogP contribution in [0.2, 0.25) is 0 Å². The summed E-state index contributed by atoms with van der Waals surface area (Å²) in [5.74, 6) is 0. The fraction of sp³-hybridized carbons (Fsp3) is 0.120. The van der Waals surface area contributed by atoms with Gasteiger partial charge in [-0.3, -0.25) is 0 Å². The molecule has 26 heavy (non-hydrogen) atoms. The maximum absolute atomic E-state index is 2.38. The first-order valence-electron chi connectivity index (χ1n) is 9.25. The Balaban J connectivity index is 1.88. The molecule has 0 bridgehead atoms. The highest BCUT2D eigenvalue weighted by atomic mass is 31.1. The predicted molar refractivity (Wildman–Crippen MR) is 118 cm³/mol. The summed E-state index contributed by atoms with van der Waals surface area (Å²) in [6.07, 6.45) is 0. The third kappa shape index (κ3) is 2.33. The van der Waals surface area contributed by atoms with Gasteiger partial charge in [-0.25, -0.2) is 0 Å². The summed E-state index contributed by atoms with van der Waals surface area (Å²) in [6, 6.07) is 31.5. The van der Waals surface area contributed by atoms with Gasteiger partial charge in [-0.15, -0.1) is 0 Å². The highest BCUT2D eigenvalue weighted by Crippen LogP contribution is 2.43. The van der Waals surface area contributed by atoms with Gasteiger partial charge in [-0.05, 0) is 56.5 Å². The molecule has 0 saturated carbocycles. The maximum atomic E-state index is 2.38. The fourth-order valence-electron chi connectivity index (χ4n) is 4.23. The Labute approximate surface area is 155 Å². The third-order valence-electron chi connectivity index (χ3n) is 5.32. The minimum atomic E-state index is -0.387. The second-order valence-electron chi connectivity index (χ2n) is 7.24. The Morgan fingerprint density at radius 1 is 0.577 bits per heavy atom. The normalized spacial score (nSPS) is 13.2. The molecule has 0 saturated heterocycles. The largest absolute Gasteiger partial charge is 0.0622 e. The van der Waals surface area contributed by atoms with Crippen molar-refractivity contribution in [2.24, 2.45) is 0 Å². The van der Waals surface area contributed by atoms with Gasteiger partial charge in [0, 0.05) is 0 Å². The van der Waals surface area contributed by atoms with Crippen LogP contribution in [0.3, 0.4) is 0 Å². The van der Waals surface area contributed by atoms with Crippen LogP contribution in [0.4, 0.5) is 0 Å². The summed E-state index contributed by atoms with van der Waals surface area (Å²) in [5, 5.41) is 11.3. The van der Waals surface area contributed by atoms with Crippen LogP contribution in [-0.2, 0) is 0 Å². The van der Waals surface area contributed by atoms with Gasteiger partial charge >= 0.3 is 0 Å². The molecule has 5 rings (SSSR count). The van der Waals surface area contributed by atoms with Crippen molar-refractivity contribution in [1.82, 2.24) is 0 Å². The van der Waals surface area contributed by atoms with Gasteiger partial charge in [0.2, 0.25) is 0 Å². The Morgan fingerprint density at radius 2 is 1.19 bits per heavy atom. The molecular formula is C25H21P. The molecule has 0 N–H and O–H groups in total. The lowest BCUT2D eigenvalue weighted by Crippen LogP contribution is -2.18.